The molecule has 32 heavy (non-hydrogen) atoms. The molecule has 1 heterocycles. The molecule has 0 aromatic heterocycles. The van der Waals surface area contributed by atoms with Crippen molar-refractivity contribution >= 4 is 27.3 Å². The Balaban J connectivity index is 1.45. The zero-order chi connectivity index (χ0) is 22.7. The van der Waals surface area contributed by atoms with Crippen molar-refractivity contribution in [1.29, 1.82) is 0 Å². The zero-order valence-electron chi connectivity index (χ0n) is 18.2. The van der Waals surface area contributed by atoms with Crippen molar-refractivity contribution in [2.75, 3.05) is 22.8 Å². The summed E-state index contributed by atoms with van der Waals surface area (Å²) in [6, 6.07) is 19.9. The first kappa shape index (κ1) is 21.9. The molecule has 0 radical (unpaired) electrons. The van der Waals surface area contributed by atoms with Crippen molar-refractivity contribution in [1.82, 2.24) is 0 Å². The van der Waals surface area contributed by atoms with Crippen LogP contribution in [0.1, 0.15) is 23.6 Å². The lowest BCUT2D eigenvalue weighted by molar-refractivity contribution is -0.118. The van der Waals surface area contributed by atoms with E-state index in [1.165, 1.54) is 10.4 Å². The van der Waals surface area contributed by atoms with E-state index in [2.05, 4.69) is 5.32 Å². The van der Waals surface area contributed by atoms with Gasteiger partial charge >= 0.3 is 0 Å². The van der Waals surface area contributed by atoms with Gasteiger partial charge in [0.2, 0.25) is 0 Å². The minimum Gasteiger partial charge on any atom is -0.483 e. The summed E-state index contributed by atoms with van der Waals surface area (Å²) in [6.45, 7) is 4.07. The van der Waals surface area contributed by atoms with E-state index in [0.717, 1.165) is 28.9 Å². The maximum atomic E-state index is 13.2. The van der Waals surface area contributed by atoms with Crippen molar-refractivity contribution in [2.45, 2.75) is 31.6 Å². The van der Waals surface area contributed by atoms with Crippen molar-refractivity contribution in [3.8, 4) is 5.75 Å². The molecular weight excluding hydrogens is 424 g/mol. The lowest BCUT2D eigenvalue weighted by Crippen LogP contribution is -2.29. The van der Waals surface area contributed by atoms with Crippen LogP contribution in [0.5, 0.6) is 5.75 Å². The predicted octanol–water partition coefficient (Wildman–Crippen LogP) is 4.33. The van der Waals surface area contributed by atoms with E-state index in [1.54, 1.807) is 19.1 Å². The van der Waals surface area contributed by atoms with E-state index < -0.39 is 10.0 Å². The van der Waals surface area contributed by atoms with Gasteiger partial charge in [0.05, 0.1) is 10.6 Å². The molecule has 6 nitrogen and oxygen atoms in total. The number of ether oxygens (including phenoxy) is 1. The van der Waals surface area contributed by atoms with Crippen molar-refractivity contribution < 1.29 is 17.9 Å². The first-order valence-corrected chi connectivity index (χ1v) is 12.1. The second-order valence-electron chi connectivity index (χ2n) is 7.73. The number of carbonyl (C=O) groups is 1. The lowest BCUT2D eigenvalue weighted by atomic mass is 10.1. The Morgan fingerprint density at radius 1 is 1.06 bits per heavy atom. The summed E-state index contributed by atoms with van der Waals surface area (Å²) in [5, 5.41) is 2.87. The molecule has 1 aliphatic rings. The van der Waals surface area contributed by atoms with E-state index in [-0.39, 0.29) is 17.4 Å². The van der Waals surface area contributed by atoms with Crippen LogP contribution in [0.2, 0.25) is 0 Å². The number of aryl methyl sites for hydroxylation is 2. The van der Waals surface area contributed by atoms with Gasteiger partial charge in [-0.1, -0.05) is 43.3 Å². The smallest absolute Gasteiger partial charge is 0.264 e. The van der Waals surface area contributed by atoms with E-state index in [0.29, 0.717) is 24.3 Å². The quantitative estimate of drug-likeness (QED) is 0.582. The molecule has 0 saturated carbocycles. The van der Waals surface area contributed by atoms with Crippen LogP contribution in [0.3, 0.4) is 0 Å². The van der Waals surface area contributed by atoms with Crippen LogP contribution in [0, 0.1) is 6.92 Å². The summed E-state index contributed by atoms with van der Waals surface area (Å²) >= 11 is 0. The molecular formula is C25H26N2O4S. The maximum absolute atomic E-state index is 13.2. The van der Waals surface area contributed by atoms with E-state index in [1.807, 2.05) is 55.5 Å². The number of para-hydroxylation sites is 2. The van der Waals surface area contributed by atoms with Crippen LogP contribution in [0.25, 0.3) is 0 Å². The summed E-state index contributed by atoms with van der Waals surface area (Å²) in [5.74, 6) is 0.209. The second-order valence-corrected chi connectivity index (χ2v) is 9.59. The van der Waals surface area contributed by atoms with Gasteiger partial charge in [-0.15, -0.1) is 0 Å². The molecule has 7 heteroatoms. The Labute approximate surface area is 188 Å². The normalized spacial score (nSPS) is 13.0. The highest BCUT2D eigenvalue weighted by Gasteiger charge is 2.30. The monoisotopic (exact) mass is 450 g/mol. The molecule has 0 fully saturated rings. The van der Waals surface area contributed by atoms with Crippen LogP contribution in [-0.4, -0.2) is 27.5 Å². The van der Waals surface area contributed by atoms with Crippen LogP contribution in [-0.2, 0) is 27.7 Å². The van der Waals surface area contributed by atoms with Gasteiger partial charge in [0.15, 0.2) is 6.61 Å². The highest BCUT2D eigenvalue weighted by molar-refractivity contribution is 7.92. The van der Waals surface area contributed by atoms with E-state index in [4.69, 9.17) is 4.74 Å². The molecule has 1 aliphatic heterocycles. The first-order valence-electron chi connectivity index (χ1n) is 10.6. The first-order chi connectivity index (χ1) is 15.4. The fourth-order valence-electron chi connectivity index (χ4n) is 3.91. The molecule has 0 aliphatic carbocycles. The number of fused-ring (bicyclic) bond motifs is 1. The third-order valence-corrected chi connectivity index (χ3v) is 7.42. The lowest BCUT2D eigenvalue weighted by Gasteiger charge is -2.20. The minimum atomic E-state index is -3.67. The Morgan fingerprint density at radius 2 is 1.81 bits per heavy atom. The number of anilines is 2. The number of nitrogens with zero attached hydrogens (tertiary/aromatic N) is 1. The van der Waals surface area contributed by atoms with Gasteiger partial charge in [-0.05, 0) is 66.8 Å². The Hall–Kier alpha value is -3.32. The fourth-order valence-corrected chi connectivity index (χ4v) is 5.50. The number of rotatable bonds is 7. The topological polar surface area (TPSA) is 75.7 Å². The van der Waals surface area contributed by atoms with Crippen molar-refractivity contribution in [3.05, 3.63) is 83.4 Å². The number of benzene rings is 3. The minimum absolute atomic E-state index is 0.162. The van der Waals surface area contributed by atoms with Crippen LogP contribution in [0.15, 0.2) is 71.6 Å². The van der Waals surface area contributed by atoms with E-state index >= 15 is 0 Å². The molecule has 1 N–H and O–H groups in total. The van der Waals surface area contributed by atoms with Gasteiger partial charge in [-0.25, -0.2) is 8.42 Å². The number of carbonyl (C=O) groups excluding carboxylic acids is 1. The van der Waals surface area contributed by atoms with Crippen LogP contribution < -0.4 is 14.4 Å². The average molecular weight is 451 g/mol. The molecule has 0 spiro atoms. The SMILES string of the molecule is CCc1ccccc1NC(=O)COc1ccc(S(=O)(=O)N2CCc3ccccc32)cc1C. The molecule has 0 saturated heterocycles. The molecule has 0 bridgehead atoms. The van der Waals surface area contributed by atoms with Crippen molar-refractivity contribution in [2.24, 2.45) is 0 Å². The summed E-state index contributed by atoms with van der Waals surface area (Å²) in [7, 11) is -3.67. The molecule has 0 atom stereocenters. The van der Waals surface area contributed by atoms with Gasteiger partial charge in [-0.3, -0.25) is 9.10 Å². The van der Waals surface area contributed by atoms with Gasteiger partial charge < -0.3 is 10.1 Å². The maximum Gasteiger partial charge on any atom is 0.264 e. The van der Waals surface area contributed by atoms with Gasteiger partial charge in [0.25, 0.3) is 15.9 Å². The average Bonchev–Trinajstić information content (AvgIpc) is 3.23. The number of amides is 1. The van der Waals surface area contributed by atoms with Crippen LogP contribution in [0.4, 0.5) is 11.4 Å². The number of hydrogen-bond donors (Lipinski definition) is 1. The van der Waals surface area contributed by atoms with Gasteiger partial charge in [0.1, 0.15) is 5.75 Å². The Bertz CT molecular complexity index is 1250. The number of sulfonamides is 1. The van der Waals surface area contributed by atoms with Crippen molar-refractivity contribution in [3.63, 3.8) is 0 Å². The molecule has 4 rings (SSSR count). The highest BCUT2D eigenvalue weighted by Crippen LogP contribution is 2.33. The molecule has 1 amide bonds. The summed E-state index contributed by atoms with van der Waals surface area (Å²) in [4.78, 5) is 12.6. The summed E-state index contributed by atoms with van der Waals surface area (Å²) in [6.07, 6.45) is 1.51. The Kier molecular flexibility index (Phi) is 6.19. The van der Waals surface area contributed by atoms with E-state index in [9.17, 15) is 13.2 Å². The summed E-state index contributed by atoms with van der Waals surface area (Å²) < 4.78 is 33.6. The van der Waals surface area contributed by atoms with Gasteiger partial charge in [-0.2, -0.15) is 0 Å². The molecule has 3 aromatic carbocycles. The Morgan fingerprint density at radius 3 is 2.59 bits per heavy atom. The van der Waals surface area contributed by atoms with Gasteiger partial charge in [0, 0.05) is 12.2 Å². The number of hydrogen-bond acceptors (Lipinski definition) is 4. The highest BCUT2D eigenvalue weighted by atomic mass is 32.2. The third kappa shape index (κ3) is 4.34. The predicted molar refractivity (Wildman–Crippen MR) is 126 cm³/mol. The molecule has 0 unspecified atom stereocenters. The molecule has 166 valence electrons. The van der Waals surface area contributed by atoms with Crippen LogP contribution >= 0.6 is 0 Å². The number of nitrogens with one attached hydrogen (secondary N) is 1. The fraction of sp³-hybridized carbons (Fsp3) is 0.240. The standard InChI is InChI=1S/C25H26N2O4S/c1-3-19-8-4-6-10-22(19)26-25(28)17-31-24-13-12-21(16-18(24)2)32(29,30)27-15-14-20-9-5-7-11-23(20)27/h4-13,16H,3,14-15,17H2,1-2H3,(H,26,28). The third-order valence-electron chi connectivity index (χ3n) is 5.61. The largest absolute Gasteiger partial charge is 0.483 e. The summed E-state index contributed by atoms with van der Waals surface area (Å²) in [5.41, 5.74) is 4.24. The molecule has 3 aromatic rings. The second kappa shape index (κ2) is 9.04. The zero-order valence-corrected chi connectivity index (χ0v) is 19.0.